The molecule has 2 aliphatic rings. The monoisotopic (exact) mass is 297 g/mol. The predicted octanol–water partition coefficient (Wildman–Crippen LogP) is -0.00560. The summed E-state index contributed by atoms with van der Waals surface area (Å²) in [5, 5.41) is 10.5. The minimum absolute atomic E-state index is 0.141. The molecule has 3 rings (SSSR count). The maximum atomic E-state index is 11.6. The lowest BCUT2D eigenvalue weighted by molar-refractivity contribution is -0.120. The molecule has 0 radical (unpaired) electrons. The molecule has 2 aliphatic carbocycles. The second-order valence-corrected chi connectivity index (χ2v) is 6.51. The molecule has 1 aromatic rings. The van der Waals surface area contributed by atoms with Gasteiger partial charge in [0.15, 0.2) is 5.16 Å². The first-order valence-electron chi connectivity index (χ1n) is 7.00. The van der Waals surface area contributed by atoms with Crippen LogP contribution in [0.1, 0.15) is 38.1 Å². The highest BCUT2D eigenvalue weighted by Gasteiger charge is 2.29. The van der Waals surface area contributed by atoms with Gasteiger partial charge in [0.25, 0.3) is 0 Å². The summed E-state index contributed by atoms with van der Waals surface area (Å²) in [5.74, 6) is 0.406. The Bertz CT molecular complexity index is 546. The molecule has 2 fully saturated rings. The van der Waals surface area contributed by atoms with Crippen LogP contribution in [0.5, 0.6) is 0 Å². The van der Waals surface area contributed by atoms with Gasteiger partial charge in [-0.3, -0.25) is 9.36 Å². The SMILES string of the molecule is NC(=O)C(CCSc1n[nH]c(=O)n1C1CC1)NC1CC1. The van der Waals surface area contributed by atoms with E-state index in [4.69, 9.17) is 5.73 Å². The molecule has 2 saturated carbocycles. The lowest BCUT2D eigenvalue weighted by Crippen LogP contribution is -2.42. The summed E-state index contributed by atoms with van der Waals surface area (Å²) in [6.45, 7) is 0. The molecular formula is C12H19N5O2S. The summed E-state index contributed by atoms with van der Waals surface area (Å²) < 4.78 is 1.72. The van der Waals surface area contributed by atoms with Crippen LogP contribution in [0.4, 0.5) is 0 Å². The van der Waals surface area contributed by atoms with Crippen molar-refractivity contribution in [1.29, 1.82) is 0 Å². The van der Waals surface area contributed by atoms with E-state index in [-0.39, 0.29) is 17.6 Å². The van der Waals surface area contributed by atoms with E-state index >= 15 is 0 Å². The summed E-state index contributed by atoms with van der Waals surface area (Å²) in [7, 11) is 0. The van der Waals surface area contributed by atoms with Crippen molar-refractivity contribution < 1.29 is 4.79 Å². The number of nitrogens with zero attached hydrogens (tertiary/aromatic N) is 2. The zero-order valence-electron chi connectivity index (χ0n) is 11.2. The Morgan fingerprint density at radius 1 is 1.50 bits per heavy atom. The van der Waals surface area contributed by atoms with Crippen LogP contribution in [0.3, 0.4) is 0 Å². The van der Waals surface area contributed by atoms with Gasteiger partial charge in [0.2, 0.25) is 5.91 Å². The van der Waals surface area contributed by atoms with Crippen molar-refractivity contribution in [3.8, 4) is 0 Å². The highest BCUT2D eigenvalue weighted by Crippen LogP contribution is 2.36. The van der Waals surface area contributed by atoms with E-state index in [9.17, 15) is 9.59 Å². The third-order valence-electron chi connectivity index (χ3n) is 3.58. The summed E-state index contributed by atoms with van der Waals surface area (Å²) in [6.07, 6.45) is 4.98. The normalized spacial score (nSPS) is 20.0. The Morgan fingerprint density at radius 2 is 2.25 bits per heavy atom. The number of hydrogen-bond donors (Lipinski definition) is 3. The molecule has 0 saturated heterocycles. The van der Waals surface area contributed by atoms with E-state index in [1.807, 2.05) is 0 Å². The molecule has 7 nitrogen and oxygen atoms in total. The highest BCUT2D eigenvalue weighted by atomic mass is 32.2. The molecule has 1 atom stereocenters. The average molecular weight is 297 g/mol. The number of aromatic amines is 1. The van der Waals surface area contributed by atoms with Gasteiger partial charge in [-0.25, -0.2) is 9.89 Å². The molecule has 1 unspecified atom stereocenters. The van der Waals surface area contributed by atoms with Gasteiger partial charge in [0.1, 0.15) is 0 Å². The Morgan fingerprint density at radius 3 is 2.85 bits per heavy atom. The molecule has 20 heavy (non-hydrogen) atoms. The zero-order chi connectivity index (χ0) is 14.1. The van der Waals surface area contributed by atoms with Crippen LogP contribution >= 0.6 is 11.8 Å². The number of carbonyl (C=O) groups is 1. The number of hydrogen-bond acceptors (Lipinski definition) is 5. The third-order valence-corrected chi connectivity index (χ3v) is 4.57. The second kappa shape index (κ2) is 5.61. The number of carbonyl (C=O) groups excluding carboxylic acids is 1. The molecule has 0 spiro atoms. The van der Waals surface area contributed by atoms with E-state index in [2.05, 4.69) is 15.5 Å². The molecule has 1 heterocycles. The minimum Gasteiger partial charge on any atom is -0.368 e. The van der Waals surface area contributed by atoms with Crippen molar-refractivity contribution in [2.45, 2.75) is 55.4 Å². The number of nitrogens with two attached hydrogens (primary N) is 1. The average Bonchev–Trinajstić information content (AvgIpc) is 3.30. The quantitative estimate of drug-likeness (QED) is 0.585. The standard InChI is InChI=1S/C12H19N5O2S/c13-10(18)9(14-7-1-2-7)5-6-20-12-16-15-11(19)17(12)8-3-4-8/h7-9,14H,1-6H2,(H2,13,18)(H,15,19). The van der Waals surface area contributed by atoms with Crippen LogP contribution in [0, 0.1) is 0 Å². The lowest BCUT2D eigenvalue weighted by atomic mass is 10.2. The van der Waals surface area contributed by atoms with E-state index in [1.165, 1.54) is 11.8 Å². The predicted molar refractivity (Wildman–Crippen MR) is 75.6 cm³/mol. The molecular weight excluding hydrogens is 278 g/mol. The van der Waals surface area contributed by atoms with Gasteiger partial charge < -0.3 is 11.1 Å². The van der Waals surface area contributed by atoms with Gasteiger partial charge in [-0.15, -0.1) is 5.10 Å². The number of amides is 1. The molecule has 0 bridgehead atoms. The smallest absolute Gasteiger partial charge is 0.344 e. The number of rotatable bonds is 8. The molecule has 110 valence electrons. The zero-order valence-corrected chi connectivity index (χ0v) is 12.0. The van der Waals surface area contributed by atoms with Gasteiger partial charge in [0, 0.05) is 17.8 Å². The minimum atomic E-state index is -0.306. The first-order valence-corrected chi connectivity index (χ1v) is 7.99. The fraction of sp³-hybridized carbons (Fsp3) is 0.750. The van der Waals surface area contributed by atoms with Crippen molar-refractivity contribution in [2.75, 3.05) is 5.75 Å². The fourth-order valence-corrected chi connectivity index (χ4v) is 3.17. The van der Waals surface area contributed by atoms with Crippen LogP contribution < -0.4 is 16.7 Å². The number of thioether (sulfide) groups is 1. The van der Waals surface area contributed by atoms with Crippen LogP contribution in [-0.4, -0.2) is 38.5 Å². The maximum absolute atomic E-state index is 11.6. The van der Waals surface area contributed by atoms with Gasteiger partial charge >= 0.3 is 5.69 Å². The Balaban J connectivity index is 1.53. The summed E-state index contributed by atoms with van der Waals surface area (Å²) in [4.78, 5) is 23.0. The molecule has 1 amide bonds. The fourth-order valence-electron chi connectivity index (χ4n) is 2.16. The van der Waals surface area contributed by atoms with Crippen molar-refractivity contribution in [1.82, 2.24) is 20.1 Å². The second-order valence-electron chi connectivity index (χ2n) is 5.45. The van der Waals surface area contributed by atoms with Crippen molar-refractivity contribution in [3.05, 3.63) is 10.5 Å². The van der Waals surface area contributed by atoms with Crippen molar-refractivity contribution in [2.24, 2.45) is 5.73 Å². The molecule has 8 heteroatoms. The van der Waals surface area contributed by atoms with Crippen molar-refractivity contribution in [3.63, 3.8) is 0 Å². The lowest BCUT2D eigenvalue weighted by Gasteiger charge is -2.14. The third kappa shape index (κ3) is 3.24. The van der Waals surface area contributed by atoms with Crippen LogP contribution in [0.2, 0.25) is 0 Å². The number of aromatic nitrogens is 3. The highest BCUT2D eigenvalue weighted by molar-refractivity contribution is 7.99. The Labute approximate surface area is 120 Å². The van der Waals surface area contributed by atoms with Crippen LogP contribution in [-0.2, 0) is 4.79 Å². The van der Waals surface area contributed by atoms with Crippen LogP contribution in [0.15, 0.2) is 9.95 Å². The molecule has 0 aliphatic heterocycles. The molecule has 0 aromatic carbocycles. The first kappa shape index (κ1) is 13.7. The van der Waals surface area contributed by atoms with Gasteiger partial charge in [0.05, 0.1) is 6.04 Å². The van der Waals surface area contributed by atoms with E-state index in [0.717, 1.165) is 25.7 Å². The largest absolute Gasteiger partial charge is 0.368 e. The Hall–Kier alpha value is -1.28. The summed E-state index contributed by atoms with van der Waals surface area (Å²) >= 11 is 1.50. The van der Waals surface area contributed by atoms with E-state index < -0.39 is 0 Å². The van der Waals surface area contributed by atoms with E-state index in [1.54, 1.807) is 4.57 Å². The van der Waals surface area contributed by atoms with Crippen molar-refractivity contribution >= 4 is 17.7 Å². The Kier molecular flexibility index (Phi) is 3.84. The van der Waals surface area contributed by atoms with Gasteiger partial charge in [-0.2, -0.15) is 0 Å². The summed E-state index contributed by atoms with van der Waals surface area (Å²) in [5.41, 5.74) is 5.26. The van der Waals surface area contributed by atoms with Gasteiger partial charge in [-0.05, 0) is 32.1 Å². The number of H-pyrrole nitrogens is 1. The molecule has 1 aromatic heterocycles. The number of nitrogens with one attached hydrogen (secondary N) is 2. The summed E-state index contributed by atoms with van der Waals surface area (Å²) in [6, 6.07) is 0.475. The maximum Gasteiger partial charge on any atom is 0.344 e. The van der Waals surface area contributed by atoms with E-state index in [0.29, 0.717) is 29.4 Å². The first-order chi connectivity index (χ1) is 9.65. The topological polar surface area (TPSA) is 106 Å². The van der Waals surface area contributed by atoms with Gasteiger partial charge in [-0.1, -0.05) is 11.8 Å². The molecule has 4 N–H and O–H groups in total. The number of primary amides is 1. The van der Waals surface area contributed by atoms with Crippen LogP contribution in [0.25, 0.3) is 0 Å².